The average molecular weight is 472 g/mol. The third-order valence-corrected chi connectivity index (χ3v) is 5.50. The van der Waals surface area contributed by atoms with Crippen molar-refractivity contribution < 1.29 is 18.4 Å². The normalized spacial score (nSPS) is 11.9. The Morgan fingerprint density at radius 1 is 1.15 bits per heavy atom. The lowest BCUT2D eigenvalue weighted by Crippen LogP contribution is -2.11. The van der Waals surface area contributed by atoms with Gasteiger partial charge < -0.3 is 14.0 Å². The maximum Gasteiger partial charge on any atom is 0.239 e. The summed E-state index contributed by atoms with van der Waals surface area (Å²) in [6.07, 6.45) is 2.84. The fourth-order valence-electron chi connectivity index (χ4n) is 3.14. The second kappa shape index (κ2) is 9.86. The van der Waals surface area contributed by atoms with E-state index in [1.165, 1.54) is 11.9 Å². The summed E-state index contributed by atoms with van der Waals surface area (Å²) in [6, 6.07) is 7.24. The molecule has 4 rings (SSSR count). The van der Waals surface area contributed by atoms with Crippen molar-refractivity contribution in [1.29, 1.82) is 0 Å². The summed E-state index contributed by atoms with van der Waals surface area (Å²) in [5.41, 5.74) is 1.32. The van der Waals surface area contributed by atoms with Gasteiger partial charge in [-0.3, -0.25) is 9.29 Å². The van der Waals surface area contributed by atoms with Gasteiger partial charge in [-0.1, -0.05) is 18.1 Å². The Bertz CT molecular complexity index is 1210. The van der Waals surface area contributed by atoms with Gasteiger partial charge in [-0.25, -0.2) is 14.4 Å². The van der Waals surface area contributed by atoms with Gasteiger partial charge in [0.2, 0.25) is 17.5 Å². The van der Waals surface area contributed by atoms with Gasteiger partial charge in [0, 0.05) is 17.7 Å². The van der Waals surface area contributed by atoms with Gasteiger partial charge in [-0.05, 0) is 31.0 Å². The van der Waals surface area contributed by atoms with Crippen LogP contribution in [0.15, 0.2) is 41.2 Å². The van der Waals surface area contributed by atoms with E-state index in [4.69, 9.17) is 14.0 Å². The summed E-state index contributed by atoms with van der Waals surface area (Å²) in [6.45, 7) is 3.82. The predicted octanol–water partition coefficient (Wildman–Crippen LogP) is 3.87. The second-order valence-electron chi connectivity index (χ2n) is 7.08. The minimum atomic E-state index is -0.466. The Balaban J connectivity index is 1.68. The second-order valence-corrected chi connectivity index (χ2v) is 8.32. The van der Waals surface area contributed by atoms with Crippen LogP contribution in [0.25, 0.3) is 17.3 Å². The smallest absolute Gasteiger partial charge is 0.239 e. The fourth-order valence-corrected chi connectivity index (χ4v) is 3.81. The highest BCUT2D eigenvalue weighted by molar-refractivity contribution is 8.01. The predicted molar refractivity (Wildman–Crippen MR) is 121 cm³/mol. The van der Waals surface area contributed by atoms with Crippen LogP contribution in [-0.2, 0) is 6.42 Å². The average Bonchev–Trinajstić information content (AvgIpc) is 3.44. The lowest BCUT2D eigenvalue weighted by atomic mass is 10.2. The number of anilines is 1. The number of nitrogens with zero attached hydrogens (tertiary/aromatic N) is 6. The van der Waals surface area contributed by atoms with Crippen molar-refractivity contribution in [1.82, 2.24) is 29.9 Å². The molecule has 4 aromatic rings. The summed E-state index contributed by atoms with van der Waals surface area (Å²) in [5, 5.41) is 12.6. The largest absolute Gasteiger partial charge is 0.494 e. The first-order chi connectivity index (χ1) is 16.0. The van der Waals surface area contributed by atoms with Crippen LogP contribution in [0.3, 0.4) is 0 Å². The molecule has 0 bridgehead atoms. The third kappa shape index (κ3) is 4.90. The summed E-state index contributed by atoms with van der Waals surface area (Å²) >= 11 is 1.40. The van der Waals surface area contributed by atoms with Crippen LogP contribution in [0.2, 0.25) is 0 Å². The van der Waals surface area contributed by atoms with E-state index in [-0.39, 0.29) is 5.25 Å². The quantitative estimate of drug-likeness (QED) is 0.361. The zero-order valence-corrected chi connectivity index (χ0v) is 19.3. The molecular formula is C21H22FN7O3S. The number of para-hydroxylation sites is 1. The molecule has 0 amide bonds. The topological polar surface area (TPSA) is 113 Å². The first-order valence-corrected chi connectivity index (χ1v) is 10.9. The Kier molecular flexibility index (Phi) is 6.73. The minimum Gasteiger partial charge on any atom is -0.494 e. The van der Waals surface area contributed by atoms with E-state index in [1.807, 2.05) is 32.0 Å². The maximum atomic E-state index is 13.1. The van der Waals surface area contributed by atoms with E-state index in [1.54, 1.807) is 24.9 Å². The summed E-state index contributed by atoms with van der Waals surface area (Å²) < 4.78 is 34.7. The lowest BCUT2D eigenvalue weighted by Gasteiger charge is -2.17. The molecule has 0 spiro atoms. The molecule has 0 radical (unpaired) electrons. The molecule has 1 aromatic carbocycles. The highest BCUT2D eigenvalue weighted by Gasteiger charge is 2.25. The van der Waals surface area contributed by atoms with Crippen LogP contribution in [0.5, 0.6) is 11.5 Å². The van der Waals surface area contributed by atoms with E-state index in [0.29, 0.717) is 52.7 Å². The van der Waals surface area contributed by atoms with Crippen LogP contribution >= 0.6 is 11.9 Å². The maximum absolute atomic E-state index is 13.1. The monoisotopic (exact) mass is 471 g/mol. The molecule has 10 nitrogen and oxygen atoms in total. The molecule has 0 saturated heterocycles. The van der Waals surface area contributed by atoms with Crippen molar-refractivity contribution in [2.24, 2.45) is 0 Å². The van der Waals surface area contributed by atoms with Gasteiger partial charge in [-0.2, -0.15) is 0 Å². The Hall–Kier alpha value is -3.67. The third-order valence-electron chi connectivity index (χ3n) is 4.63. The summed E-state index contributed by atoms with van der Waals surface area (Å²) in [4.78, 5) is 8.03. The summed E-state index contributed by atoms with van der Waals surface area (Å²) in [7, 11) is 3.15. The van der Waals surface area contributed by atoms with Crippen LogP contribution in [0.4, 0.5) is 10.3 Å². The SMILES string of the molecule is COc1cccc(OC)c1-n1c(NSC(C)Cc2ncc(F)cn2)nnc1-c1cc(C)no1. The van der Waals surface area contributed by atoms with Gasteiger partial charge in [-0.15, -0.1) is 10.2 Å². The summed E-state index contributed by atoms with van der Waals surface area (Å²) in [5.74, 6) is 2.50. The molecule has 0 fully saturated rings. The number of hydrogen-bond acceptors (Lipinski definition) is 10. The van der Waals surface area contributed by atoms with E-state index in [9.17, 15) is 4.39 Å². The zero-order chi connectivity index (χ0) is 23.4. The van der Waals surface area contributed by atoms with Crippen LogP contribution in [0, 0.1) is 12.7 Å². The molecule has 1 atom stereocenters. The van der Waals surface area contributed by atoms with E-state index < -0.39 is 5.82 Å². The molecular weight excluding hydrogens is 449 g/mol. The molecule has 172 valence electrons. The van der Waals surface area contributed by atoms with Crippen molar-refractivity contribution >= 4 is 17.9 Å². The number of hydrogen-bond donors (Lipinski definition) is 1. The van der Waals surface area contributed by atoms with Crippen molar-refractivity contribution in [3.63, 3.8) is 0 Å². The van der Waals surface area contributed by atoms with Crippen LogP contribution < -0.4 is 14.2 Å². The molecule has 12 heteroatoms. The molecule has 0 aliphatic carbocycles. The van der Waals surface area contributed by atoms with Crippen LogP contribution in [-0.4, -0.2) is 49.4 Å². The molecule has 3 aromatic heterocycles. The number of aromatic nitrogens is 6. The van der Waals surface area contributed by atoms with Gasteiger partial charge in [0.25, 0.3) is 0 Å². The molecule has 3 heterocycles. The van der Waals surface area contributed by atoms with Crippen molar-refractivity contribution in [3.05, 3.63) is 54.0 Å². The Labute approximate surface area is 193 Å². The number of methoxy groups -OCH3 is 2. The number of aryl methyl sites for hydroxylation is 1. The van der Waals surface area contributed by atoms with Crippen molar-refractivity contribution in [2.45, 2.75) is 25.5 Å². The number of rotatable bonds is 9. The standard InChI is InChI=1S/C21H22FN7O3S/c1-12-8-17(32-27-12)20-25-26-21(28-33-13(2)9-18-23-10-14(22)11-24-18)29(20)19-15(30-3)6-5-7-16(19)31-4/h5-8,10-11,13H,9H2,1-4H3,(H,26,28). The Morgan fingerprint density at radius 2 is 1.85 bits per heavy atom. The number of nitrogens with one attached hydrogen (secondary N) is 1. The molecule has 1 unspecified atom stereocenters. The van der Waals surface area contributed by atoms with E-state index in [0.717, 1.165) is 12.4 Å². The highest BCUT2D eigenvalue weighted by Crippen LogP contribution is 2.38. The lowest BCUT2D eigenvalue weighted by molar-refractivity contribution is 0.390. The number of benzene rings is 1. The number of halogens is 1. The van der Waals surface area contributed by atoms with Crippen molar-refractivity contribution in [2.75, 3.05) is 18.9 Å². The molecule has 33 heavy (non-hydrogen) atoms. The molecule has 1 N–H and O–H groups in total. The molecule has 0 aliphatic rings. The van der Waals surface area contributed by atoms with Gasteiger partial charge in [0.1, 0.15) is 23.0 Å². The number of ether oxygens (including phenoxy) is 2. The zero-order valence-electron chi connectivity index (χ0n) is 18.4. The highest BCUT2D eigenvalue weighted by atomic mass is 32.2. The first-order valence-electron chi connectivity index (χ1n) is 9.98. The van der Waals surface area contributed by atoms with Gasteiger partial charge >= 0.3 is 0 Å². The van der Waals surface area contributed by atoms with Crippen LogP contribution in [0.1, 0.15) is 18.4 Å². The first kappa shape index (κ1) is 22.5. The minimum absolute atomic E-state index is 0.0381. The molecule has 0 aliphatic heterocycles. The molecule has 0 saturated carbocycles. The van der Waals surface area contributed by atoms with Crippen molar-refractivity contribution in [3.8, 4) is 28.8 Å². The Morgan fingerprint density at radius 3 is 2.45 bits per heavy atom. The van der Waals surface area contributed by atoms with Gasteiger partial charge in [0.05, 0.1) is 32.3 Å². The van der Waals surface area contributed by atoms with Gasteiger partial charge in [0.15, 0.2) is 5.82 Å². The van der Waals surface area contributed by atoms with E-state index >= 15 is 0 Å². The fraction of sp³-hybridized carbons (Fsp3) is 0.286. The van der Waals surface area contributed by atoms with E-state index in [2.05, 4.69) is 30.0 Å².